The number of hydrazine groups is 1. The van der Waals surface area contributed by atoms with Crippen molar-refractivity contribution in [2.45, 2.75) is 59.8 Å². The SMILES string of the molecule is Cc1nc(NN)c(C)c(NCC2(CC(C)C)CCCC2)n1. The number of aryl methyl sites for hydroxylation is 1. The zero-order chi connectivity index (χ0) is 15.5. The molecule has 1 aliphatic rings. The van der Waals surface area contributed by atoms with Crippen LogP contribution in [0.2, 0.25) is 0 Å². The van der Waals surface area contributed by atoms with Crippen molar-refractivity contribution in [1.82, 2.24) is 9.97 Å². The van der Waals surface area contributed by atoms with Crippen LogP contribution >= 0.6 is 0 Å². The monoisotopic (exact) mass is 291 g/mol. The summed E-state index contributed by atoms with van der Waals surface area (Å²) >= 11 is 0. The van der Waals surface area contributed by atoms with Crippen LogP contribution in [0.5, 0.6) is 0 Å². The van der Waals surface area contributed by atoms with Gasteiger partial charge in [-0.2, -0.15) is 0 Å². The van der Waals surface area contributed by atoms with Crippen molar-refractivity contribution in [3.8, 4) is 0 Å². The molecular formula is C16H29N5. The summed E-state index contributed by atoms with van der Waals surface area (Å²) in [4.78, 5) is 8.84. The van der Waals surface area contributed by atoms with Crippen LogP contribution in [0.4, 0.5) is 11.6 Å². The number of rotatable bonds is 6. The smallest absolute Gasteiger partial charge is 0.148 e. The highest BCUT2D eigenvalue weighted by Gasteiger charge is 2.34. The predicted octanol–water partition coefficient (Wildman–Crippen LogP) is 3.40. The molecule has 0 saturated heterocycles. The summed E-state index contributed by atoms with van der Waals surface area (Å²) in [5.74, 6) is 8.61. The van der Waals surface area contributed by atoms with E-state index in [2.05, 4.69) is 34.6 Å². The molecule has 0 spiro atoms. The number of aromatic nitrogens is 2. The van der Waals surface area contributed by atoms with Crippen molar-refractivity contribution in [2.24, 2.45) is 17.2 Å². The Hall–Kier alpha value is -1.36. The van der Waals surface area contributed by atoms with E-state index in [4.69, 9.17) is 5.84 Å². The third-order valence-corrected chi connectivity index (χ3v) is 4.53. The molecule has 5 nitrogen and oxygen atoms in total. The topological polar surface area (TPSA) is 75.9 Å². The number of nitrogens with two attached hydrogens (primary N) is 1. The van der Waals surface area contributed by atoms with Crippen LogP contribution in [0.15, 0.2) is 0 Å². The third-order valence-electron chi connectivity index (χ3n) is 4.53. The maximum atomic E-state index is 5.53. The molecule has 2 rings (SSSR count). The summed E-state index contributed by atoms with van der Waals surface area (Å²) in [5, 5.41) is 3.57. The molecule has 1 heterocycles. The summed E-state index contributed by atoms with van der Waals surface area (Å²) in [6.07, 6.45) is 6.63. The number of nitrogens with zero attached hydrogens (tertiary/aromatic N) is 2. The number of nitrogen functional groups attached to an aromatic ring is 1. The Morgan fingerprint density at radius 3 is 2.33 bits per heavy atom. The quantitative estimate of drug-likeness (QED) is 0.553. The van der Waals surface area contributed by atoms with Crippen molar-refractivity contribution >= 4 is 11.6 Å². The number of nitrogens with one attached hydrogen (secondary N) is 2. The summed E-state index contributed by atoms with van der Waals surface area (Å²) in [7, 11) is 0. The minimum Gasteiger partial charge on any atom is -0.369 e. The highest BCUT2D eigenvalue weighted by molar-refractivity contribution is 5.56. The van der Waals surface area contributed by atoms with Gasteiger partial charge in [-0.05, 0) is 44.4 Å². The van der Waals surface area contributed by atoms with E-state index in [0.717, 1.165) is 29.7 Å². The van der Waals surface area contributed by atoms with E-state index in [1.54, 1.807) is 0 Å². The summed E-state index contributed by atoms with van der Waals surface area (Å²) < 4.78 is 0. The Labute approximate surface area is 128 Å². The molecule has 21 heavy (non-hydrogen) atoms. The van der Waals surface area contributed by atoms with Crippen LogP contribution in [-0.2, 0) is 0 Å². The molecule has 1 aromatic rings. The first-order valence-electron chi connectivity index (χ1n) is 8.01. The maximum absolute atomic E-state index is 5.53. The molecule has 0 unspecified atom stereocenters. The van der Waals surface area contributed by atoms with Crippen molar-refractivity contribution in [1.29, 1.82) is 0 Å². The van der Waals surface area contributed by atoms with Gasteiger partial charge >= 0.3 is 0 Å². The van der Waals surface area contributed by atoms with E-state index < -0.39 is 0 Å². The normalized spacial score (nSPS) is 17.2. The lowest BCUT2D eigenvalue weighted by Crippen LogP contribution is -2.29. The number of hydrogen-bond donors (Lipinski definition) is 3. The van der Waals surface area contributed by atoms with E-state index in [-0.39, 0.29) is 0 Å². The first kappa shape index (κ1) is 16.0. The fourth-order valence-electron chi connectivity index (χ4n) is 3.66. The molecular weight excluding hydrogens is 262 g/mol. The van der Waals surface area contributed by atoms with E-state index in [1.807, 2.05) is 13.8 Å². The van der Waals surface area contributed by atoms with E-state index >= 15 is 0 Å². The molecule has 0 bridgehead atoms. The molecule has 118 valence electrons. The van der Waals surface area contributed by atoms with E-state index in [0.29, 0.717) is 11.2 Å². The van der Waals surface area contributed by atoms with Crippen LogP contribution in [0.3, 0.4) is 0 Å². The highest BCUT2D eigenvalue weighted by Crippen LogP contribution is 2.43. The Balaban J connectivity index is 2.12. The van der Waals surface area contributed by atoms with Gasteiger partial charge in [0.25, 0.3) is 0 Å². The van der Waals surface area contributed by atoms with Crippen LogP contribution in [0.25, 0.3) is 0 Å². The Bertz CT molecular complexity index is 478. The second kappa shape index (κ2) is 6.60. The molecule has 5 heteroatoms. The molecule has 1 aromatic heterocycles. The van der Waals surface area contributed by atoms with Gasteiger partial charge in [0.2, 0.25) is 0 Å². The fraction of sp³-hybridized carbons (Fsp3) is 0.750. The fourth-order valence-corrected chi connectivity index (χ4v) is 3.66. The zero-order valence-electron chi connectivity index (χ0n) is 13.8. The Kier molecular flexibility index (Phi) is 5.04. The summed E-state index contributed by atoms with van der Waals surface area (Å²) in [5.41, 5.74) is 4.07. The van der Waals surface area contributed by atoms with E-state index in [1.165, 1.54) is 32.1 Å². The average Bonchev–Trinajstić information content (AvgIpc) is 2.87. The van der Waals surface area contributed by atoms with Crippen molar-refractivity contribution in [2.75, 3.05) is 17.3 Å². The van der Waals surface area contributed by atoms with E-state index in [9.17, 15) is 0 Å². The largest absolute Gasteiger partial charge is 0.369 e. The van der Waals surface area contributed by atoms with Gasteiger partial charge in [0.15, 0.2) is 0 Å². The van der Waals surface area contributed by atoms with Gasteiger partial charge in [0, 0.05) is 12.1 Å². The number of anilines is 2. The van der Waals surface area contributed by atoms with Crippen LogP contribution in [0.1, 0.15) is 57.3 Å². The van der Waals surface area contributed by atoms with Gasteiger partial charge in [0.05, 0.1) is 0 Å². The Morgan fingerprint density at radius 2 is 1.76 bits per heavy atom. The standard InChI is InChI=1S/C16H29N5/c1-11(2)9-16(7-5-6-8-16)10-18-14-12(3)15(21-17)20-13(4)19-14/h11H,5-10,17H2,1-4H3,(H2,18,19,20,21). The summed E-state index contributed by atoms with van der Waals surface area (Å²) in [6.45, 7) is 9.52. The highest BCUT2D eigenvalue weighted by atomic mass is 15.3. The van der Waals surface area contributed by atoms with Crippen LogP contribution in [0, 0.1) is 25.2 Å². The lowest BCUT2D eigenvalue weighted by Gasteiger charge is -2.31. The lowest BCUT2D eigenvalue weighted by molar-refractivity contribution is 0.252. The second-order valence-electron chi connectivity index (χ2n) is 6.90. The van der Waals surface area contributed by atoms with Crippen molar-refractivity contribution in [3.63, 3.8) is 0 Å². The summed E-state index contributed by atoms with van der Waals surface area (Å²) in [6, 6.07) is 0. The first-order valence-corrected chi connectivity index (χ1v) is 8.01. The van der Waals surface area contributed by atoms with Gasteiger partial charge in [-0.1, -0.05) is 26.7 Å². The molecule has 1 saturated carbocycles. The zero-order valence-corrected chi connectivity index (χ0v) is 13.8. The molecule has 0 radical (unpaired) electrons. The van der Waals surface area contributed by atoms with Gasteiger partial charge in [-0.15, -0.1) is 0 Å². The van der Waals surface area contributed by atoms with Crippen molar-refractivity contribution < 1.29 is 0 Å². The minimum absolute atomic E-state index is 0.426. The molecule has 0 amide bonds. The molecule has 1 aliphatic carbocycles. The minimum atomic E-state index is 0.426. The van der Waals surface area contributed by atoms with Crippen molar-refractivity contribution in [3.05, 3.63) is 11.4 Å². The molecule has 4 N–H and O–H groups in total. The predicted molar refractivity (Wildman–Crippen MR) is 88.2 cm³/mol. The Morgan fingerprint density at radius 1 is 1.14 bits per heavy atom. The third kappa shape index (κ3) is 3.84. The van der Waals surface area contributed by atoms with Crippen LogP contribution < -0.4 is 16.6 Å². The van der Waals surface area contributed by atoms with Gasteiger partial charge in [-0.25, -0.2) is 15.8 Å². The molecule has 0 aliphatic heterocycles. The van der Waals surface area contributed by atoms with Crippen LogP contribution in [-0.4, -0.2) is 16.5 Å². The lowest BCUT2D eigenvalue weighted by atomic mass is 9.78. The molecule has 0 aromatic carbocycles. The maximum Gasteiger partial charge on any atom is 0.148 e. The average molecular weight is 291 g/mol. The van der Waals surface area contributed by atoms with Gasteiger partial charge < -0.3 is 10.7 Å². The molecule has 0 atom stereocenters. The molecule has 1 fully saturated rings. The number of hydrogen-bond acceptors (Lipinski definition) is 5. The van der Waals surface area contributed by atoms with Gasteiger partial charge in [-0.3, -0.25) is 0 Å². The van der Waals surface area contributed by atoms with Gasteiger partial charge in [0.1, 0.15) is 17.5 Å². The second-order valence-corrected chi connectivity index (χ2v) is 6.90. The first-order chi connectivity index (χ1) is 9.96.